The van der Waals surface area contributed by atoms with E-state index in [9.17, 15) is 13.2 Å². The molecular formula is C20H16Cl2N2O3S. The summed E-state index contributed by atoms with van der Waals surface area (Å²) in [6, 6.07) is 17.2. The Labute approximate surface area is 173 Å². The summed E-state index contributed by atoms with van der Waals surface area (Å²) in [5.41, 5.74) is 2.22. The van der Waals surface area contributed by atoms with Gasteiger partial charge in [-0.05, 0) is 73.2 Å². The van der Waals surface area contributed by atoms with Crippen LogP contribution in [-0.4, -0.2) is 14.3 Å². The van der Waals surface area contributed by atoms with Crippen LogP contribution in [0.5, 0.6) is 0 Å². The first-order chi connectivity index (χ1) is 13.2. The van der Waals surface area contributed by atoms with Gasteiger partial charge in [-0.2, -0.15) is 0 Å². The number of amides is 1. The molecule has 1 amide bonds. The molecule has 3 aromatic carbocycles. The van der Waals surface area contributed by atoms with Crippen molar-refractivity contribution < 1.29 is 13.2 Å². The molecule has 0 heterocycles. The Morgan fingerprint density at radius 1 is 0.857 bits per heavy atom. The third-order valence-corrected chi connectivity index (χ3v) is 5.86. The van der Waals surface area contributed by atoms with Gasteiger partial charge in [0.1, 0.15) is 0 Å². The molecule has 8 heteroatoms. The highest BCUT2D eigenvalue weighted by molar-refractivity contribution is 7.92. The zero-order chi connectivity index (χ0) is 20.3. The van der Waals surface area contributed by atoms with Gasteiger partial charge in [0.15, 0.2) is 0 Å². The number of aryl methyl sites for hydroxylation is 1. The van der Waals surface area contributed by atoms with Gasteiger partial charge in [0.05, 0.1) is 4.90 Å². The van der Waals surface area contributed by atoms with Crippen LogP contribution in [0.2, 0.25) is 10.0 Å². The maximum Gasteiger partial charge on any atom is 0.261 e. The summed E-state index contributed by atoms with van der Waals surface area (Å²) in [6.45, 7) is 1.86. The van der Waals surface area contributed by atoms with Gasteiger partial charge in [0.25, 0.3) is 15.9 Å². The molecule has 0 atom stereocenters. The molecule has 5 nitrogen and oxygen atoms in total. The van der Waals surface area contributed by atoms with E-state index in [0.717, 1.165) is 5.56 Å². The van der Waals surface area contributed by atoms with Gasteiger partial charge in [0.2, 0.25) is 0 Å². The Morgan fingerprint density at radius 3 is 2.11 bits per heavy atom. The predicted octanol–water partition coefficient (Wildman–Crippen LogP) is 5.35. The summed E-state index contributed by atoms with van der Waals surface area (Å²) in [5.74, 6) is -0.322. The zero-order valence-corrected chi connectivity index (χ0v) is 17.1. The molecule has 2 N–H and O–H groups in total. The van der Waals surface area contributed by atoms with Crippen molar-refractivity contribution in [1.29, 1.82) is 0 Å². The number of halogens is 2. The lowest BCUT2D eigenvalue weighted by molar-refractivity contribution is 0.102. The van der Waals surface area contributed by atoms with Gasteiger partial charge >= 0.3 is 0 Å². The second-order valence-corrected chi connectivity index (χ2v) is 8.61. The van der Waals surface area contributed by atoms with Crippen LogP contribution in [0.3, 0.4) is 0 Å². The third-order valence-electron chi connectivity index (χ3n) is 3.97. The Kier molecular flexibility index (Phi) is 5.93. The quantitative estimate of drug-likeness (QED) is 0.567. The van der Waals surface area contributed by atoms with Crippen molar-refractivity contribution in [3.05, 3.63) is 87.9 Å². The monoisotopic (exact) mass is 434 g/mol. The number of nitrogens with one attached hydrogen (secondary N) is 2. The molecule has 0 aliphatic carbocycles. The predicted molar refractivity (Wildman–Crippen MR) is 113 cm³/mol. The van der Waals surface area contributed by atoms with Crippen LogP contribution < -0.4 is 10.0 Å². The Hall–Kier alpha value is -2.54. The van der Waals surface area contributed by atoms with E-state index in [-0.39, 0.29) is 10.8 Å². The van der Waals surface area contributed by atoms with E-state index >= 15 is 0 Å². The number of hydrogen-bond donors (Lipinski definition) is 2. The Bertz CT molecular complexity index is 1110. The molecule has 0 aromatic heterocycles. The molecular weight excluding hydrogens is 419 g/mol. The largest absolute Gasteiger partial charge is 0.322 e. The minimum atomic E-state index is -3.75. The molecule has 0 saturated heterocycles. The van der Waals surface area contributed by atoms with E-state index in [4.69, 9.17) is 23.2 Å². The standard InChI is InChI=1S/C20H16Cl2N2O3S/c1-13-2-5-16(22)12-19(13)23-20(25)14-3-8-17(9-4-14)24-28(26,27)18-10-6-15(21)7-11-18/h2-12,24H,1H3,(H,23,25). The van der Waals surface area contributed by atoms with Crippen LogP contribution >= 0.6 is 23.2 Å². The van der Waals surface area contributed by atoms with Crippen molar-refractivity contribution in [2.45, 2.75) is 11.8 Å². The second kappa shape index (κ2) is 8.22. The second-order valence-electron chi connectivity index (χ2n) is 6.05. The lowest BCUT2D eigenvalue weighted by Crippen LogP contribution is -2.14. The van der Waals surface area contributed by atoms with Crippen LogP contribution in [0, 0.1) is 6.92 Å². The summed E-state index contributed by atoms with van der Waals surface area (Å²) >= 11 is 11.7. The fourth-order valence-electron chi connectivity index (χ4n) is 2.44. The topological polar surface area (TPSA) is 75.3 Å². The zero-order valence-electron chi connectivity index (χ0n) is 14.7. The SMILES string of the molecule is Cc1ccc(Cl)cc1NC(=O)c1ccc(NS(=O)(=O)c2ccc(Cl)cc2)cc1. The summed E-state index contributed by atoms with van der Waals surface area (Å²) in [5, 5.41) is 3.76. The fourth-order valence-corrected chi connectivity index (χ4v) is 3.80. The highest BCUT2D eigenvalue weighted by atomic mass is 35.5. The molecule has 0 fully saturated rings. The van der Waals surface area contributed by atoms with Crippen molar-refractivity contribution in [2.75, 3.05) is 10.0 Å². The van der Waals surface area contributed by atoms with E-state index < -0.39 is 10.0 Å². The first-order valence-corrected chi connectivity index (χ1v) is 10.4. The van der Waals surface area contributed by atoms with Gasteiger partial charge in [-0.15, -0.1) is 0 Å². The number of benzene rings is 3. The molecule has 0 spiro atoms. The lowest BCUT2D eigenvalue weighted by atomic mass is 10.1. The summed E-state index contributed by atoms with van der Waals surface area (Å²) in [4.78, 5) is 12.5. The van der Waals surface area contributed by atoms with Gasteiger partial charge in [-0.3, -0.25) is 9.52 Å². The maximum absolute atomic E-state index is 12.4. The van der Waals surface area contributed by atoms with Crippen molar-refractivity contribution in [3.63, 3.8) is 0 Å². The molecule has 0 radical (unpaired) electrons. The molecule has 28 heavy (non-hydrogen) atoms. The number of sulfonamides is 1. The van der Waals surface area contributed by atoms with E-state index in [1.807, 2.05) is 13.0 Å². The Morgan fingerprint density at radius 2 is 1.46 bits per heavy atom. The van der Waals surface area contributed by atoms with Crippen molar-refractivity contribution in [3.8, 4) is 0 Å². The van der Waals surface area contributed by atoms with Crippen LogP contribution in [0.25, 0.3) is 0 Å². The first kappa shape index (κ1) is 20.2. The Balaban J connectivity index is 1.73. The lowest BCUT2D eigenvalue weighted by Gasteiger charge is -2.11. The van der Waals surface area contributed by atoms with Crippen LogP contribution in [-0.2, 0) is 10.0 Å². The van der Waals surface area contributed by atoms with Crippen LogP contribution in [0.15, 0.2) is 71.6 Å². The minimum Gasteiger partial charge on any atom is -0.322 e. The molecule has 0 bridgehead atoms. The highest BCUT2D eigenvalue weighted by Crippen LogP contribution is 2.22. The maximum atomic E-state index is 12.4. The summed E-state index contributed by atoms with van der Waals surface area (Å²) in [6.07, 6.45) is 0. The average Bonchev–Trinajstić information content (AvgIpc) is 2.65. The number of carbonyl (C=O) groups excluding carboxylic acids is 1. The summed E-state index contributed by atoms with van der Waals surface area (Å²) in [7, 11) is -3.75. The van der Waals surface area contributed by atoms with Gasteiger partial charge in [-0.1, -0.05) is 29.3 Å². The van der Waals surface area contributed by atoms with Crippen molar-refractivity contribution >= 4 is 50.5 Å². The van der Waals surface area contributed by atoms with E-state index in [0.29, 0.717) is 27.0 Å². The van der Waals surface area contributed by atoms with Gasteiger partial charge in [0, 0.05) is 27.0 Å². The van der Waals surface area contributed by atoms with Crippen molar-refractivity contribution in [1.82, 2.24) is 0 Å². The number of hydrogen-bond acceptors (Lipinski definition) is 3. The van der Waals surface area contributed by atoms with Gasteiger partial charge < -0.3 is 5.32 Å². The smallest absolute Gasteiger partial charge is 0.261 e. The van der Waals surface area contributed by atoms with E-state index in [1.54, 1.807) is 12.1 Å². The first-order valence-electron chi connectivity index (χ1n) is 8.20. The molecule has 3 aromatic rings. The molecule has 0 saturated carbocycles. The molecule has 3 rings (SSSR count). The fraction of sp³-hybridized carbons (Fsp3) is 0.0500. The van der Waals surface area contributed by atoms with Crippen LogP contribution in [0.4, 0.5) is 11.4 Å². The summed E-state index contributed by atoms with van der Waals surface area (Å²) < 4.78 is 27.3. The van der Waals surface area contributed by atoms with Gasteiger partial charge in [-0.25, -0.2) is 8.42 Å². The molecule has 0 aliphatic rings. The third kappa shape index (κ3) is 4.84. The van der Waals surface area contributed by atoms with E-state index in [1.165, 1.54) is 48.5 Å². The molecule has 144 valence electrons. The average molecular weight is 435 g/mol. The number of anilines is 2. The molecule has 0 aliphatic heterocycles. The van der Waals surface area contributed by atoms with E-state index in [2.05, 4.69) is 10.0 Å². The molecule has 0 unspecified atom stereocenters. The van der Waals surface area contributed by atoms with Crippen LogP contribution in [0.1, 0.15) is 15.9 Å². The number of carbonyl (C=O) groups is 1. The normalized spacial score (nSPS) is 11.1. The van der Waals surface area contributed by atoms with Crippen molar-refractivity contribution in [2.24, 2.45) is 0 Å². The highest BCUT2D eigenvalue weighted by Gasteiger charge is 2.15. The minimum absolute atomic E-state index is 0.0927. The number of rotatable bonds is 5.